The van der Waals surface area contributed by atoms with Gasteiger partial charge in [-0.15, -0.1) is 24.8 Å². The Balaban J connectivity index is 0.00000220. The quantitative estimate of drug-likeness (QED) is 0.830. The number of hydrogen-bond donors (Lipinski definition) is 1. The highest BCUT2D eigenvalue weighted by molar-refractivity contribution is 6.31. The minimum Gasteiger partial charge on any atom is -0.314 e. The van der Waals surface area contributed by atoms with Crippen molar-refractivity contribution in [2.45, 2.75) is 33.2 Å². The molecule has 0 aliphatic carbocycles. The molecule has 0 saturated carbocycles. The maximum absolute atomic E-state index is 14.6. The van der Waals surface area contributed by atoms with Gasteiger partial charge in [0.2, 0.25) is 0 Å². The van der Waals surface area contributed by atoms with E-state index in [4.69, 9.17) is 11.6 Å². The zero-order valence-electron chi connectivity index (χ0n) is 13.4. The van der Waals surface area contributed by atoms with Crippen LogP contribution in [0.4, 0.5) is 4.39 Å². The summed E-state index contributed by atoms with van der Waals surface area (Å²) in [6, 6.07) is 3.65. The Morgan fingerprint density at radius 2 is 1.86 bits per heavy atom. The van der Waals surface area contributed by atoms with Crippen LogP contribution in [0.5, 0.6) is 0 Å². The zero-order chi connectivity index (χ0) is 14.7. The second kappa shape index (κ2) is 9.94. The van der Waals surface area contributed by atoms with Gasteiger partial charge in [0.25, 0.3) is 0 Å². The van der Waals surface area contributed by atoms with Crippen LogP contribution in [0.15, 0.2) is 12.1 Å². The van der Waals surface area contributed by atoms with E-state index in [1.54, 1.807) is 13.0 Å². The third kappa shape index (κ3) is 4.72. The standard InChI is InChI=1S/C16H24ClFN2.2ClH/c1-4-11(2)16(20-9-7-19-8-10-20)14-13(17)6-5-12(3)15(14)18;;/h5-6,11,16,19H,4,7-10H2,1-3H3;2*1H/t11?,16-;;/m0../s1. The molecule has 1 aliphatic rings. The van der Waals surface area contributed by atoms with Crippen LogP contribution < -0.4 is 5.32 Å². The average Bonchev–Trinajstić information content (AvgIpc) is 2.48. The number of aryl methyl sites for hydroxylation is 1. The maximum atomic E-state index is 14.6. The summed E-state index contributed by atoms with van der Waals surface area (Å²) in [7, 11) is 0. The fraction of sp³-hybridized carbons (Fsp3) is 0.625. The van der Waals surface area contributed by atoms with Crippen LogP contribution in [0.2, 0.25) is 5.02 Å². The van der Waals surface area contributed by atoms with Gasteiger partial charge in [-0.1, -0.05) is 37.9 Å². The van der Waals surface area contributed by atoms with E-state index in [2.05, 4.69) is 24.1 Å². The summed E-state index contributed by atoms with van der Waals surface area (Å²) in [5.41, 5.74) is 1.36. The monoisotopic (exact) mass is 370 g/mol. The van der Waals surface area contributed by atoms with Crippen LogP contribution in [0.25, 0.3) is 0 Å². The molecule has 1 aromatic rings. The van der Waals surface area contributed by atoms with Crippen molar-refractivity contribution in [3.8, 4) is 0 Å². The van der Waals surface area contributed by atoms with Crippen molar-refractivity contribution in [3.63, 3.8) is 0 Å². The summed E-state index contributed by atoms with van der Waals surface area (Å²) in [6.45, 7) is 9.94. The Hall–Kier alpha value is -0.0600. The van der Waals surface area contributed by atoms with Crippen LogP contribution in [-0.4, -0.2) is 31.1 Å². The van der Waals surface area contributed by atoms with Crippen molar-refractivity contribution in [1.82, 2.24) is 10.2 Å². The van der Waals surface area contributed by atoms with Crippen molar-refractivity contribution in [2.75, 3.05) is 26.2 Å². The minimum absolute atomic E-state index is 0. The van der Waals surface area contributed by atoms with Gasteiger partial charge in [-0.3, -0.25) is 4.90 Å². The predicted octanol–water partition coefficient (Wildman–Crippen LogP) is 4.62. The van der Waals surface area contributed by atoms with Crippen molar-refractivity contribution < 1.29 is 4.39 Å². The van der Waals surface area contributed by atoms with Gasteiger partial charge >= 0.3 is 0 Å². The number of piperazine rings is 1. The predicted molar refractivity (Wildman–Crippen MR) is 97.3 cm³/mol. The SMILES string of the molecule is CCC(C)[C@@H](c1c(Cl)ccc(C)c1F)N1CCNCC1.Cl.Cl. The topological polar surface area (TPSA) is 15.3 Å². The Morgan fingerprint density at radius 3 is 2.41 bits per heavy atom. The number of rotatable bonds is 4. The summed E-state index contributed by atoms with van der Waals surface area (Å²) in [5, 5.41) is 3.90. The summed E-state index contributed by atoms with van der Waals surface area (Å²) in [5.74, 6) is 0.239. The molecular formula is C16H26Cl3FN2. The maximum Gasteiger partial charge on any atom is 0.132 e. The van der Waals surface area contributed by atoms with E-state index in [0.29, 0.717) is 22.1 Å². The first kappa shape index (κ1) is 21.9. The number of nitrogens with zero attached hydrogens (tertiary/aromatic N) is 1. The van der Waals surface area contributed by atoms with Crippen molar-refractivity contribution in [3.05, 3.63) is 34.1 Å². The fourth-order valence-electron chi connectivity index (χ4n) is 2.96. The summed E-state index contributed by atoms with van der Waals surface area (Å²) < 4.78 is 14.6. The van der Waals surface area contributed by atoms with Crippen molar-refractivity contribution in [1.29, 1.82) is 0 Å². The largest absolute Gasteiger partial charge is 0.314 e. The molecule has 1 unspecified atom stereocenters. The molecule has 2 rings (SSSR count). The molecule has 1 heterocycles. The second-order valence-electron chi connectivity index (χ2n) is 5.71. The molecule has 6 heteroatoms. The van der Waals surface area contributed by atoms with Crippen LogP contribution in [-0.2, 0) is 0 Å². The Bertz CT molecular complexity index is 465. The van der Waals surface area contributed by atoms with E-state index in [1.165, 1.54) is 0 Å². The molecule has 0 amide bonds. The molecule has 1 fully saturated rings. The zero-order valence-corrected chi connectivity index (χ0v) is 15.8. The number of benzene rings is 1. The van der Waals surface area contributed by atoms with E-state index >= 15 is 0 Å². The van der Waals surface area contributed by atoms with Gasteiger partial charge in [0, 0.05) is 42.8 Å². The van der Waals surface area contributed by atoms with Gasteiger partial charge < -0.3 is 5.32 Å². The molecule has 0 aromatic heterocycles. The number of hydrogen-bond acceptors (Lipinski definition) is 2. The summed E-state index contributed by atoms with van der Waals surface area (Å²) >= 11 is 6.33. The van der Waals surface area contributed by atoms with E-state index in [-0.39, 0.29) is 36.7 Å². The van der Waals surface area contributed by atoms with Crippen molar-refractivity contribution >= 4 is 36.4 Å². The molecular weight excluding hydrogens is 346 g/mol. The first-order valence-corrected chi connectivity index (χ1v) is 7.83. The molecule has 1 aromatic carbocycles. The molecule has 1 saturated heterocycles. The average molecular weight is 372 g/mol. The van der Waals surface area contributed by atoms with Gasteiger partial charge in [0.15, 0.2) is 0 Å². The number of nitrogens with one attached hydrogen (secondary N) is 1. The highest BCUT2D eigenvalue weighted by Gasteiger charge is 2.30. The lowest BCUT2D eigenvalue weighted by molar-refractivity contribution is 0.125. The van der Waals surface area contributed by atoms with E-state index < -0.39 is 0 Å². The first-order chi connectivity index (χ1) is 9.56. The lowest BCUT2D eigenvalue weighted by atomic mass is 9.89. The van der Waals surface area contributed by atoms with Gasteiger partial charge in [0.1, 0.15) is 5.82 Å². The molecule has 128 valence electrons. The van der Waals surface area contributed by atoms with Crippen LogP contribution in [0.3, 0.4) is 0 Å². The minimum atomic E-state index is -0.138. The third-order valence-electron chi connectivity index (χ3n) is 4.34. The molecule has 22 heavy (non-hydrogen) atoms. The third-order valence-corrected chi connectivity index (χ3v) is 4.67. The van der Waals surface area contributed by atoms with Crippen LogP contribution in [0, 0.1) is 18.7 Å². The first-order valence-electron chi connectivity index (χ1n) is 7.45. The lowest BCUT2D eigenvalue weighted by Gasteiger charge is -2.39. The van der Waals surface area contributed by atoms with Gasteiger partial charge in [0.05, 0.1) is 0 Å². The van der Waals surface area contributed by atoms with Gasteiger partial charge in [-0.2, -0.15) is 0 Å². The lowest BCUT2D eigenvalue weighted by Crippen LogP contribution is -2.47. The molecule has 0 bridgehead atoms. The Kier molecular flexibility index (Phi) is 9.91. The fourth-order valence-corrected chi connectivity index (χ4v) is 3.22. The van der Waals surface area contributed by atoms with E-state index in [1.807, 2.05) is 6.07 Å². The highest BCUT2D eigenvalue weighted by atomic mass is 35.5. The molecule has 2 atom stereocenters. The smallest absolute Gasteiger partial charge is 0.132 e. The molecule has 0 spiro atoms. The molecule has 0 radical (unpaired) electrons. The Labute approximate surface area is 150 Å². The molecule has 2 nitrogen and oxygen atoms in total. The van der Waals surface area contributed by atoms with Gasteiger partial charge in [-0.25, -0.2) is 4.39 Å². The Morgan fingerprint density at radius 1 is 1.27 bits per heavy atom. The van der Waals surface area contributed by atoms with Crippen molar-refractivity contribution in [2.24, 2.45) is 5.92 Å². The van der Waals surface area contributed by atoms with Crippen LogP contribution in [0.1, 0.15) is 37.4 Å². The molecule has 1 N–H and O–H groups in total. The van der Waals surface area contributed by atoms with E-state index in [0.717, 1.165) is 32.6 Å². The summed E-state index contributed by atoms with van der Waals surface area (Å²) in [4.78, 5) is 2.37. The van der Waals surface area contributed by atoms with Gasteiger partial charge in [-0.05, 0) is 24.5 Å². The normalized spacial score (nSPS) is 18.0. The second-order valence-corrected chi connectivity index (χ2v) is 6.12. The molecule has 1 aliphatic heterocycles. The summed E-state index contributed by atoms with van der Waals surface area (Å²) in [6.07, 6.45) is 1.01. The highest BCUT2D eigenvalue weighted by Crippen LogP contribution is 2.37. The number of halogens is 4. The van der Waals surface area contributed by atoms with E-state index in [9.17, 15) is 4.39 Å². The van der Waals surface area contributed by atoms with Crippen LogP contribution >= 0.6 is 36.4 Å².